The molecular formula is C26H31N5O5S. The van der Waals surface area contributed by atoms with Crippen molar-refractivity contribution in [1.29, 1.82) is 0 Å². The number of thioether (sulfide) groups is 1. The maximum atomic E-state index is 13.2. The lowest BCUT2D eigenvalue weighted by molar-refractivity contribution is -0.165. The van der Waals surface area contributed by atoms with Gasteiger partial charge >= 0.3 is 5.97 Å². The van der Waals surface area contributed by atoms with Crippen molar-refractivity contribution >= 4 is 29.4 Å². The second kappa shape index (κ2) is 10.6. The number of aliphatic hydroxyl groups is 1. The molecule has 0 radical (unpaired) electrons. The zero-order valence-corrected chi connectivity index (χ0v) is 21.8. The molecule has 3 aromatic heterocycles. The topological polar surface area (TPSA) is 132 Å². The van der Waals surface area contributed by atoms with Gasteiger partial charge in [0.1, 0.15) is 22.0 Å². The van der Waals surface area contributed by atoms with Gasteiger partial charge in [-0.1, -0.05) is 12.8 Å². The Hall–Kier alpha value is -3.34. The number of hydrogen-bond donors (Lipinski definition) is 2. The van der Waals surface area contributed by atoms with Crippen LogP contribution in [0.15, 0.2) is 44.7 Å². The summed E-state index contributed by atoms with van der Waals surface area (Å²) in [6.07, 6.45) is 7.04. The first kappa shape index (κ1) is 25.3. The standard InChI is InChI=1S/C26H31N5O5S/c1-16-14-17(2)31-24(28-16)29-25(30-31)37-22-20(32)15-26(36-23(22)34,18-6-3-4-7-18)11-12-27-21(33)10-9-19-8-5-13-35-19/h5,8,13-14,18,32H,3-4,6-7,9-12,15H2,1-2H3,(H,27,33). The monoisotopic (exact) mass is 525 g/mol. The first-order chi connectivity index (χ1) is 17.8. The van der Waals surface area contributed by atoms with Gasteiger partial charge in [-0.25, -0.2) is 14.3 Å². The van der Waals surface area contributed by atoms with E-state index >= 15 is 0 Å². The summed E-state index contributed by atoms with van der Waals surface area (Å²) < 4.78 is 13.0. The Bertz CT molecular complexity index is 1330. The van der Waals surface area contributed by atoms with Gasteiger partial charge in [0.25, 0.3) is 5.78 Å². The molecule has 1 atom stereocenters. The maximum Gasteiger partial charge on any atom is 0.349 e. The number of cyclic esters (lactones) is 1. The molecule has 1 unspecified atom stereocenters. The summed E-state index contributed by atoms with van der Waals surface area (Å²) in [5.41, 5.74) is 0.845. The molecular weight excluding hydrogens is 494 g/mol. The molecule has 1 saturated carbocycles. The molecule has 4 heterocycles. The lowest BCUT2D eigenvalue weighted by Gasteiger charge is -2.41. The van der Waals surface area contributed by atoms with Gasteiger partial charge in [-0.3, -0.25) is 4.79 Å². The fourth-order valence-corrected chi connectivity index (χ4v) is 6.10. The predicted molar refractivity (Wildman–Crippen MR) is 136 cm³/mol. The van der Waals surface area contributed by atoms with E-state index in [-0.39, 0.29) is 28.9 Å². The highest BCUT2D eigenvalue weighted by atomic mass is 32.2. The number of hydrogen-bond acceptors (Lipinski definition) is 9. The summed E-state index contributed by atoms with van der Waals surface area (Å²) in [7, 11) is 0. The Morgan fingerprint density at radius 3 is 2.84 bits per heavy atom. The molecule has 11 heteroatoms. The van der Waals surface area contributed by atoms with Crippen LogP contribution in [0.25, 0.3) is 5.78 Å². The number of carbonyl (C=O) groups is 2. The van der Waals surface area contributed by atoms with Crippen molar-refractivity contribution in [2.24, 2.45) is 5.92 Å². The SMILES string of the molecule is Cc1cc(C)n2nc(SC3=C(O)CC(CCNC(=O)CCc4ccco4)(C4CCCC4)OC3=O)nc2n1. The number of nitrogens with zero attached hydrogens (tertiary/aromatic N) is 4. The number of aromatic nitrogens is 4. The van der Waals surface area contributed by atoms with Crippen molar-refractivity contribution in [3.8, 4) is 0 Å². The van der Waals surface area contributed by atoms with Crippen LogP contribution in [0, 0.1) is 19.8 Å². The lowest BCUT2D eigenvalue weighted by Crippen LogP contribution is -2.47. The van der Waals surface area contributed by atoms with E-state index in [9.17, 15) is 14.7 Å². The van der Waals surface area contributed by atoms with Gasteiger partial charge < -0.3 is 19.6 Å². The van der Waals surface area contributed by atoms with Gasteiger partial charge in [0.2, 0.25) is 11.1 Å². The van der Waals surface area contributed by atoms with Gasteiger partial charge in [0.05, 0.1) is 6.26 Å². The Morgan fingerprint density at radius 1 is 1.30 bits per heavy atom. The van der Waals surface area contributed by atoms with E-state index < -0.39 is 11.6 Å². The van der Waals surface area contributed by atoms with Crippen LogP contribution in [-0.4, -0.2) is 48.7 Å². The number of carbonyl (C=O) groups excluding carboxylic acids is 2. The Kier molecular flexibility index (Phi) is 7.23. The largest absolute Gasteiger partial charge is 0.511 e. The summed E-state index contributed by atoms with van der Waals surface area (Å²) in [6, 6.07) is 5.54. The molecule has 196 valence electrons. The highest BCUT2D eigenvalue weighted by Gasteiger charge is 2.48. The number of ether oxygens (including phenoxy) is 1. The van der Waals surface area contributed by atoms with Crippen molar-refractivity contribution in [3.05, 3.63) is 52.3 Å². The number of nitrogens with one attached hydrogen (secondary N) is 1. The third-order valence-electron chi connectivity index (χ3n) is 7.15. The number of rotatable bonds is 9. The molecule has 3 aromatic rings. The van der Waals surface area contributed by atoms with E-state index in [2.05, 4.69) is 20.4 Å². The summed E-state index contributed by atoms with van der Waals surface area (Å²) in [5, 5.41) is 18.7. The molecule has 0 bridgehead atoms. The number of furan rings is 1. The van der Waals surface area contributed by atoms with Gasteiger partial charge in [-0.15, -0.1) is 5.10 Å². The quantitative estimate of drug-likeness (QED) is 0.394. The van der Waals surface area contributed by atoms with E-state index in [1.54, 1.807) is 16.8 Å². The Labute approximate surface area is 218 Å². The predicted octanol–water partition coefficient (Wildman–Crippen LogP) is 4.21. The van der Waals surface area contributed by atoms with E-state index in [0.717, 1.165) is 54.6 Å². The molecule has 0 aromatic carbocycles. The third kappa shape index (κ3) is 5.51. The van der Waals surface area contributed by atoms with Crippen LogP contribution in [0.3, 0.4) is 0 Å². The molecule has 5 rings (SSSR count). The molecule has 37 heavy (non-hydrogen) atoms. The first-order valence-corrected chi connectivity index (χ1v) is 13.5. The second-order valence-electron chi connectivity index (χ2n) is 9.81. The van der Waals surface area contributed by atoms with Crippen molar-refractivity contribution in [1.82, 2.24) is 24.9 Å². The van der Waals surface area contributed by atoms with Crippen molar-refractivity contribution in [2.45, 2.75) is 76.0 Å². The Balaban J connectivity index is 1.28. The van der Waals surface area contributed by atoms with E-state index in [0.29, 0.717) is 36.7 Å². The lowest BCUT2D eigenvalue weighted by atomic mass is 9.78. The van der Waals surface area contributed by atoms with E-state index in [4.69, 9.17) is 9.15 Å². The van der Waals surface area contributed by atoms with Crippen LogP contribution < -0.4 is 5.32 Å². The average molecular weight is 526 g/mol. The van der Waals surface area contributed by atoms with Crippen LogP contribution in [0.2, 0.25) is 0 Å². The van der Waals surface area contributed by atoms with Crippen molar-refractivity contribution in [2.75, 3.05) is 6.54 Å². The van der Waals surface area contributed by atoms with Crippen LogP contribution in [0.5, 0.6) is 0 Å². The van der Waals surface area contributed by atoms with Gasteiger partial charge in [-0.05, 0) is 62.6 Å². The highest BCUT2D eigenvalue weighted by Crippen LogP contribution is 2.47. The van der Waals surface area contributed by atoms with E-state index in [1.165, 1.54) is 0 Å². The number of esters is 1. The normalized spacial score (nSPS) is 20.5. The van der Waals surface area contributed by atoms with Crippen LogP contribution in [-0.2, 0) is 20.7 Å². The second-order valence-corrected chi connectivity index (χ2v) is 10.8. The summed E-state index contributed by atoms with van der Waals surface area (Å²) in [4.78, 5) is 34.5. The third-order valence-corrected chi connectivity index (χ3v) is 8.11. The fourth-order valence-electron chi connectivity index (χ4n) is 5.35. The molecule has 1 aliphatic heterocycles. The number of amides is 1. The minimum absolute atomic E-state index is 0.0167. The average Bonchev–Trinajstić information content (AvgIpc) is 3.62. The molecule has 0 spiro atoms. The summed E-state index contributed by atoms with van der Waals surface area (Å²) >= 11 is 0.992. The van der Waals surface area contributed by atoms with Gasteiger partial charge in [0, 0.05) is 43.6 Å². The number of fused-ring (bicyclic) bond motifs is 1. The molecule has 1 fully saturated rings. The molecule has 1 aliphatic carbocycles. The summed E-state index contributed by atoms with van der Waals surface area (Å²) in [6.45, 7) is 4.14. The minimum Gasteiger partial charge on any atom is -0.511 e. The highest BCUT2D eigenvalue weighted by molar-refractivity contribution is 8.03. The van der Waals surface area contributed by atoms with Crippen LogP contribution >= 0.6 is 11.8 Å². The van der Waals surface area contributed by atoms with E-state index in [1.807, 2.05) is 26.0 Å². The summed E-state index contributed by atoms with van der Waals surface area (Å²) in [5.74, 6) is 0.649. The molecule has 0 saturated heterocycles. The van der Waals surface area contributed by atoms with Crippen LogP contribution in [0.1, 0.15) is 62.1 Å². The Morgan fingerprint density at radius 2 is 2.11 bits per heavy atom. The zero-order chi connectivity index (χ0) is 26.0. The smallest absolute Gasteiger partial charge is 0.349 e. The molecule has 10 nitrogen and oxygen atoms in total. The van der Waals surface area contributed by atoms with Gasteiger partial charge in [0.15, 0.2) is 0 Å². The molecule has 1 amide bonds. The maximum absolute atomic E-state index is 13.2. The number of aliphatic hydroxyl groups excluding tert-OH is 1. The fraction of sp³-hybridized carbons (Fsp3) is 0.500. The first-order valence-electron chi connectivity index (χ1n) is 12.7. The zero-order valence-electron chi connectivity index (χ0n) is 21.0. The molecule has 2 aliphatic rings. The van der Waals surface area contributed by atoms with Crippen molar-refractivity contribution in [3.63, 3.8) is 0 Å². The van der Waals surface area contributed by atoms with Crippen LogP contribution in [0.4, 0.5) is 0 Å². The molecule has 2 N–H and O–H groups in total. The number of aryl methyl sites for hydroxylation is 3. The van der Waals surface area contributed by atoms with Crippen molar-refractivity contribution < 1.29 is 23.8 Å². The van der Waals surface area contributed by atoms with Gasteiger partial charge in [-0.2, -0.15) is 4.98 Å². The minimum atomic E-state index is -0.850.